The molecule has 1 aromatic heterocycles. The van der Waals surface area contributed by atoms with Crippen LogP contribution in [-0.2, 0) is 13.1 Å². The van der Waals surface area contributed by atoms with E-state index in [0.29, 0.717) is 50.4 Å². The second-order valence-corrected chi connectivity index (χ2v) is 7.82. The molecule has 0 unspecified atom stereocenters. The van der Waals surface area contributed by atoms with Crippen molar-refractivity contribution >= 4 is 5.91 Å². The molecule has 2 aromatic rings. The standard InChI is InChI=1S/C20H25F2N5O/c1-13-4-2-5-14(10-13)17-16(18(23)28)15-11-26(8-9-27(15)25-17)12-24-20(19(21)22)6-3-7-20/h2,4-5,10,19,24H,3,6-9,11-12H2,1H3,(H2,23,28). The predicted octanol–water partition coefficient (Wildman–Crippen LogP) is 2.51. The van der Waals surface area contributed by atoms with Crippen LogP contribution in [0.3, 0.4) is 0 Å². The summed E-state index contributed by atoms with van der Waals surface area (Å²) in [4.78, 5) is 14.3. The molecular formula is C20H25F2N5O. The van der Waals surface area contributed by atoms with E-state index in [1.54, 1.807) is 0 Å². The fraction of sp³-hybridized carbons (Fsp3) is 0.500. The van der Waals surface area contributed by atoms with Gasteiger partial charge in [-0.3, -0.25) is 19.7 Å². The second-order valence-electron chi connectivity index (χ2n) is 7.82. The van der Waals surface area contributed by atoms with Crippen LogP contribution < -0.4 is 11.1 Å². The minimum Gasteiger partial charge on any atom is -0.365 e. The molecule has 3 N–H and O–H groups in total. The molecule has 0 atom stereocenters. The molecule has 0 spiro atoms. The van der Waals surface area contributed by atoms with Crippen molar-refractivity contribution < 1.29 is 13.6 Å². The van der Waals surface area contributed by atoms with Crippen molar-refractivity contribution in [3.8, 4) is 11.3 Å². The number of fused-ring (bicyclic) bond motifs is 1. The number of benzene rings is 1. The van der Waals surface area contributed by atoms with Crippen molar-refractivity contribution in [1.29, 1.82) is 0 Å². The number of aromatic nitrogens is 2. The number of nitrogens with one attached hydrogen (secondary N) is 1. The lowest BCUT2D eigenvalue weighted by molar-refractivity contribution is -0.0287. The number of amides is 1. The Morgan fingerprint density at radius 1 is 1.36 bits per heavy atom. The molecule has 1 aromatic carbocycles. The van der Waals surface area contributed by atoms with Gasteiger partial charge in [0.15, 0.2) is 0 Å². The Morgan fingerprint density at radius 2 is 2.14 bits per heavy atom. The van der Waals surface area contributed by atoms with E-state index in [2.05, 4.69) is 10.4 Å². The van der Waals surface area contributed by atoms with Crippen LogP contribution in [0.4, 0.5) is 8.78 Å². The fourth-order valence-electron chi connectivity index (χ4n) is 4.06. The molecule has 0 bridgehead atoms. The van der Waals surface area contributed by atoms with E-state index < -0.39 is 17.9 Å². The van der Waals surface area contributed by atoms with Crippen LogP contribution in [0.2, 0.25) is 0 Å². The highest BCUT2D eigenvalue weighted by molar-refractivity contribution is 6.00. The molecule has 1 aliphatic heterocycles. The molecule has 1 aliphatic carbocycles. The summed E-state index contributed by atoms with van der Waals surface area (Å²) in [6, 6.07) is 7.79. The van der Waals surface area contributed by atoms with Gasteiger partial charge in [0.05, 0.1) is 23.3 Å². The average Bonchev–Trinajstić information content (AvgIpc) is 2.99. The number of rotatable bonds is 6. The van der Waals surface area contributed by atoms with E-state index in [4.69, 9.17) is 5.73 Å². The monoisotopic (exact) mass is 389 g/mol. The molecule has 0 saturated heterocycles. The quantitative estimate of drug-likeness (QED) is 0.796. The van der Waals surface area contributed by atoms with Crippen molar-refractivity contribution in [2.45, 2.75) is 51.2 Å². The van der Waals surface area contributed by atoms with Crippen LogP contribution in [0.1, 0.15) is 40.9 Å². The number of hydrogen-bond acceptors (Lipinski definition) is 4. The Bertz CT molecular complexity index is 891. The molecule has 1 saturated carbocycles. The lowest BCUT2D eigenvalue weighted by Crippen LogP contribution is -2.59. The number of carbonyl (C=O) groups excluding carboxylic acids is 1. The zero-order valence-corrected chi connectivity index (χ0v) is 15.9. The van der Waals surface area contributed by atoms with Crippen molar-refractivity contribution in [2.24, 2.45) is 5.73 Å². The van der Waals surface area contributed by atoms with E-state index in [1.807, 2.05) is 40.8 Å². The van der Waals surface area contributed by atoms with E-state index in [0.717, 1.165) is 23.2 Å². The Balaban J connectivity index is 1.57. The fourth-order valence-corrected chi connectivity index (χ4v) is 4.06. The molecule has 8 heteroatoms. The van der Waals surface area contributed by atoms with Crippen molar-refractivity contribution in [2.75, 3.05) is 13.2 Å². The van der Waals surface area contributed by atoms with Gasteiger partial charge in [0.25, 0.3) is 12.3 Å². The van der Waals surface area contributed by atoms with Crippen molar-refractivity contribution in [3.63, 3.8) is 0 Å². The second kappa shape index (κ2) is 7.25. The third-order valence-electron chi connectivity index (χ3n) is 5.92. The van der Waals surface area contributed by atoms with Crippen LogP contribution in [0, 0.1) is 6.92 Å². The molecule has 1 fully saturated rings. The number of primary amides is 1. The number of alkyl halides is 2. The van der Waals surface area contributed by atoms with Gasteiger partial charge in [-0.25, -0.2) is 8.78 Å². The number of carbonyl (C=O) groups is 1. The maximum absolute atomic E-state index is 13.4. The summed E-state index contributed by atoms with van der Waals surface area (Å²) in [5.41, 5.74) is 8.31. The Morgan fingerprint density at radius 3 is 2.75 bits per heavy atom. The number of hydrogen-bond donors (Lipinski definition) is 2. The first-order valence-corrected chi connectivity index (χ1v) is 9.62. The lowest BCUT2D eigenvalue weighted by atomic mass is 9.77. The van der Waals surface area contributed by atoms with Gasteiger partial charge in [-0.05, 0) is 32.3 Å². The first-order chi connectivity index (χ1) is 13.4. The highest BCUT2D eigenvalue weighted by Gasteiger charge is 2.45. The Kier molecular flexibility index (Phi) is 4.93. The molecule has 2 heterocycles. The number of nitrogens with two attached hydrogens (primary N) is 1. The summed E-state index contributed by atoms with van der Waals surface area (Å²) in [6.07, 6.45) is -0.540. The van der Waals surface area contributed by atoms with Crippen molar-refractivity contribution in [1.82, 2.24) is 20.0 Å². The maximum Gasteiger partial charge on any atom is 0.256 e. The first kappa shape index (κ1) is 19.0. The lowest BCUT2D eigenvalue weighted by Gasteiger charge is -2.43. The summed E-state index contributed by atoms with van der Waals surface area (Å²) >= 11 is 0. The third-order valence-corrected chi connectivity index (χ3v) is 5.92. The van der Waals surface area contributed by atoms with Gasteiger partial charge in [0.2, 0.25) is 0 Å². The molecule has 0 radical (unpaired) electrons. The Labute approximate surface area is 162 Å². The number of halogens is 2. The predicted molar refractivity (Wildman–Crippen MR) is 102 cm³/mol. The minimum absolute atomic E-state index is 0.355. The smallest absolute Gasteiger partial charge is 0.256 e. The summed E-state index contributed by atoms with van der Waals surface area (Å²) in [6.45, 7) is 4.05. The van der Waals surface area contributed by atoms with Crippen LogP contribution >= 0.6 is 0 Å². The molecule has 1 amide bonds. The van der Waals surface area contributed by atoms with E-state index in [9.17, 15) is 13.6 Å². The van der Waals surface area contributed by atoms with Crippen LogP contribution in [0.25, 0.3) is 11.3 Å². The third kappa shape index (κ3) is 3.31. The summed E-state index contributed by atoms with van der Waals surface area (Å²) in [5, 5.41) is 7.69. The highest BCUT2D eigenvalue weighted by Crippen LogP contribution is 2.37. The van der Waals surface area contributed by atoms with E-state index in [1.165, 1.54) is 0 Å². The Hall–Kier alpha value is -2.32. The molecule has 4 rings (SSSR count). The molecular weight excluding hydrogens is 364 g/mol. The maximum atomic E-state index is 13.4. The largest absolute Gasteiger partial charge is 0.365 e. The zero-order chi connectivity index (χ0) is 19.9. The van der Waals surface area contributed by atoms with Crippen LogP contribution in [0.5, 0.6) is 0 Å². The summed E-state index contributed by atoms with van der Waals surface area (Å²) in [5.74, 6) is -0.518. The van der Waals surface area contributed by atoms with Gasteiger partial charge in [0.1, 0.15) is 5.69 Å². The normalized spacial score (nSPS) is 18.7. The zero-order valence-electron chi connectivity index (χ0n) is 15.9. The molecule has 28 heavy (non-hydrogen) atoms. The highest BCUT2D eigenvalue weighted by atomic mass is 19.3. The van der Waals surface area contributed by atoms with Gasteiger partial charge in [-0.1, -0.05) is 23.8 Å². The number of aryl methyl sites for hydroxylation is 1. The molecule has 6 nitrogen and oxygen atoms in total. The van der Waals surface area contributed by atoms with Gasteiger partial charge in [0, 0.05) is 25.3 Å². The molecule has 150 valence electrons. The molecule has 2 aliphatic rings. The average molecular weight is 389 g/mol. The number of nitrogens with zero attached hydrogens (tertiary/aromatic N) is 3. The minimum atomic E-state index is -2.37. The van der Waals surface area contributed by atoms with Gasteiger partial charge in [-0.2, -0.15) is 5.10 Å². The van der Waals surface area contributed by atoms with E-state index in [-0.39, 0.29) is 0 Å². The van der Waals surface area contributed by atoms with E-state index >= 15 is 0 Å². The van der Waals surface area contributed by atoms with Crippen LogP contribution in [-0.4, -0.2) is 45.8 Å². The first-order valence-electron chi connectivity index (χ1n) is 9.62. The SMILES string of the molecule is Cc1cccc(-c2nn3c(c2C(N)=O)CN(CNC2(C(F)F)CCC2)CC3)c1. The van der Waals surface area contributed by atoms with Gasteiger partial charge in [-0.15, -0.1) is 0 Å². The van der Waals surface area contributed by atoms with Crippen molar-refractivity contribution in [3.05, 3.63) is 41.1 Å². The summed E-state index contributed by atoms with van der Waals surface area (Å²) in [7, 11) is 0. The summed E-state index contributed by atoms with van der Waals surface area (Å²) < 4.78 is 28.6. The van der Waals surface area contributed by atoms with Crippen LogP contribution in [0.15, 0.2) is 24.3 Å². The van der Waals surface area contributed by atoms with Gasteiger partial charge >= 0.3 is 0 Å². The van der Waals surface area contributed by atoms with Gasteiger partial charge < -0.3 is 5.73 Å². The topological polar surface area (TPSA) is 76.2 Å².